The van der Waals surface area contributed by atoms with Crippen molar-refractivity contribution in [2.75, 3.05) is 5.73 Å². The van der Waals surface area contributed by atoms with Crippen LogP contribution in [0.2, 0.25) is 0 Å². The Kier molecular flexibility index (Phi) is 2.85. The fourth-order valence-corrected chi connectivity index (χ4v) is 2.41. The number of hydrogen-bond acceptors (Lipinski definition) is 3. The maximum Gasteiger partial charge on any atom is 0.348 e. The summed E-state index contributed by atoms with van der Waals surface area (Å²) in [6.07, 6.45) is 0. The molecule has 0 saturated heterocycles. The average molecular weight is 251 g/mol. The molecule has 2 rings (SSSR count). The van der Waals surface area contributed by atoms with Crippen LogP contribution in [-0.2, 0) is 0 Å². The lowest BCUT2D eigenvalue weighted by Gasteiger charge is -2.03. The summed E-state index contributed by atoms with van der Waals surface area (Å²) in [5.74, 6) is -1.33. The van der Waals surface area contributed by atoms with Crippen molar-refractivity contribution in [1.29, 1.82) is 0 Å². The zero-order chi connectivity index (χ0) is 12.6. The van der Waals surface area contributed by atoms with E-state index in [2.05, 4.69) is 0 Å². The van der Waals surface area contributed by atoms with E-state index in [0.29, 0.717) is 11.1 Å². The van der Waals surface area contributed by atoms with E-state index in [0.717, 1.165) is 16.9 Å². The number of carboxylic acids is 1. The summed E-state index contributed by atoms with van der Waals surface area (Å²) in [5.41, 5.74) is 7.86. The van der Waals surface area contributed by atoms with Gasteiger partial charge in [0.05, 0.1) is 5.69 Å². The van der Waals surface area contributed by atoms with Gasteiger partial charge in [0, 0.05) is 10.9 Å². The Morgan fingerprint density at radius 2 is 2.18 bits per heavy atom. The smallest absolute Gasteiger partial charge is 0.348 e. The van der Waals surface area contributed by atoms with Gasteiger partial charge in [-0.05, 0) is 30.2 Å². The van der Waals surface area contributed by atoms with Crippen molar-refractivity contribution in [1.82, 2.24) is 0 Å². The standard InChI is InChI=1S/C12H10FNO2S/c1-6-4-7(2-3-9(6)13)8-5-17-11(10(8)14)12(15)16/h2-5H,14H2,1H3,(H,15,16). The number of nitrogen functional groups attached to an aromatic ring is 1. The van der Waals surface area contributed by atoms with Crippen LogP contribution in [0.4, 0.5) is 10.1 Å². The fourth-order valence-electron chi connectivity index (χ4n) is 1.57. The number of carbonyl (C=O) groups is 1. The number of benzene rings is 1. The minimum Gasteiger partial charge on any atom is -0.477 e. The van der Waals surface area contributed by atoms with E-state index < -0.39 is 5.97 Å². The van der Waals surface area contributed by atoms with Crippen molar-refractivity contribution in [2.24, 2.45) is 0 Å². The van der Waals surface area contributed by atoms with Crippen molar-refractivity contribution in [3.8, 4) is 11.1 Å². The molecule has 0 fully saturated rings. The third-order valence-electron chi connectivity index (χ3n) is 2.49. The predicted octanol–water partition coefficient (Wildman–Crippen LogP) is 3.14. The van der Waals surface area contributed by atoms with Crippen LogP contribution in [-0.4, -0.2) is 11.1 Å². The minimum absolute atomic E-state index is 0.113. The highest BCUT2D eigenvalue weighted by molar-refractivity contribution is 7.13. The zero-order valence-corrected chi connectivity index (χ0v) is 9.84. The number of hydrogen-bond donors (Lipinski definition) is 2. The largest absolute Gasteiger partial charge is 0.477 e. The van der Waals surface area contributed by atoms with Gasteiger partial charge in [0.2, 0.25) is 0 Å². The van der Waals surface area contributed by atoms with E-state index >= 15 is 0 Å². The summed E-state index contributed by atoms with van der Waals surface area (Å²) in [4.78, 5) is 11.0. The van der Waals surface area contributed by atoms with E-state index in [-0.39, 0.29) is 16.4 Å². The second-order valence-corrected chi connectivity index (χ2v) is 4.54. The van der Waals surface area contributed by atoms with Gasteiger partial charge in [-0.1, -0.05) is 6.07 Å². The first kappa shape index (κ1) is 11.6. The number of halogens is 1. The first-order chi connectivity index (χ1) is 8.00. The molecule has 0 bridgehead atoms. The average Bonchev–Trinajstić information content (AvgIpc) is 2.64. The van der Waals surface area contributed by atoms with Crippen LogP contribution >= 0.6 is 11.3 Å². The van der Waals surface area contributed by atoms with Gasteiger partial charge in [-0.2, -0.15) is 0 Å². The minimum atomic E-state index is -1.04. The summed E-state index contributed by atoms with van der Waals surface area (Å²) in [6, 6.07) is 4.59. The monoisotopic (exact) mass is 251 g/mol. The van der Waals surface area contributed by atoms with Crippen LogP contribution in [0.5, 0.6) is 0 Å². The molecular formula is C12H10FNO2S. The number of rotatable bonds is 2. The molecule has 88 valence electrons. The Bertz CT molecular complexity index is 592. The highest BCUT2D eigenvalue weighted by Crippen LogP contribution is 2.34. The zero-order valence-electron chi connectivity index (χ0n) is 9.03. The molecule has 1 heterocycles. The lowest BCUT2D eigenvalue weighted by molar-refractivity contribution is 0.0703. The van der Waals surface area contributed by atoms with Gasteiger partial charge in [-0.25, -0.2) is 9.18 Å². The molecule has 1 aromatic heterocycles. The molecule has 3 N–H and O–H groups in total. The maximum atomic E-state index is 13.1. The molecule has 2 aromatic rings. The number of thiophene rings is 1. The lowest BCUT2D eigenvalue weighted by atomic mass is 10.0. The van der Waals surface area contributed by atoms with Crippen LogP contribution < -0.4 is 5.73 Å². The number of nitrogens with two attached hydrogens (primary N) is 1. The van der Waals surface area contributed by atoms with E-state index in [4.69, 9.17) is 10.8 Å². The van der Waals surface area contributed by atoms with Crippen molar-refractivity contribution in [3.05, 3.63) is 39.8 Å². The molecule has 0 aliphatic carbocycles. The normalized spacial score (nSPS) is 10.5. The van der Waals surface area contributed by atoms with Crippen molar-refractivity contribution in [3.63, 3.8) is 0 Å². The summed E-state index contributed by atoms with van der Waals surface area (Å²) in [7, 11) is 0. The summed E-state index contributed by atoms with van der Waals surface area (Å²) in [5, 5.41) is 10.6. The van der Waals surface area contributed by atoms with E-state index in [1.165, 1.54) is 6.07 Å². The van der Waals surface area contributed by atoms with Crippen molar-refractivity contribution >= 4 is 23.0 Å². The van der Waals surface area contributed by atoms with Gasteiger partial charge in [-0.15, -0.1) is 11.3 Å². The second-order valence-electron chi connectivity index (χ2n) is 3.66. The first-order valence-electron chi connectivity index (χ1n) is 4.87. The molecular weight excluding hydrogens is 241 g/mol. The van der Waals surface area contributed by atoms with E-state index in [9.17, 15) is 9.18 Å². The highest BCUT2D eigenvalue weighted by atomic mass is 32.1. The number of anilines is 1. The summed E-state index contributed by atoms with van der Waals surface area (Å²) < 4.78 is 13.1. The van der Waals surface area contributed by atoms with E-state index in [1.807, 2.05) is 0 Å². The molecule has 5 heteroatoms. The third-order valence-corrected chi connectivity index (χ3v) is 3.48. The molecule has 3 nitrogen and oxygen atoms in total. The van der Waals surface area contributed by atoms with Crippen molar-refractivity contribution in [2.45, 2.75) is 6.92 Å². The molecule has 0 radical (unpaired) electrons. The molecule has 0 amide bonds. The Balaban J connectivity index is 2.53. The molecule has 0 aliphatic heterocycles. The third kappa shape index (κ3) is 2.01. The van der Waals surface area contributed by atoms with Gasteiger partial charge in [0.15, 0.2) is 0 Å². The summed E-state index contributed by atoms with van der Waals surface area (Å²) >= 11 is 1.07. The van der Waals surface area contributed by atoms with Gasteiger partial charge < -0.3 is 10.8 Å². The van der Waals surface area contributed by atoms with Crippen molar-refractivity contribution < 1.29 is 14.3 Å². The number of carboxylic acid groups (broad SMARTS) is 1. The van der Waals surface area contributed by atoms with Gasteiger partial charge in [0.1, 0.15) is 10.7 Å². The molecule has 0 unspecified atom stereocenters. The van der Waals surface area contributed by atoms with E-state index in [1.54, 1.807) is 24.4 Å². The molecule has 1 aromatic carbocycles. The molecule has 0 atom stereocenters. The topological polar surface area (TPSA) is 63.3 Å². The number of aryl methyl sites for hydroxylation is 1. The Morgan fingerprint density at radius 3 is 2.71 bits per heavy atom. The molecule has 17 heavy (non-hydrogen) atoms. The lowest BCUT2D eigenvalue weighted by Crippen LogP contribution is -1.98. The van der Waals surface area contributed by atoms with Crippen LogP contribution in [0.3, 0.4) is 0 Å². The predicted molar refractivity (Wildman–Crippen MR) is 65.8 cm³/mol. The fraction of sp³-hybridized carbons (Fsp3) is 0.0833. The molecule has 0 aliphatic rings. The second kappa shape index (κ2) is 4.18. The van der Waals surface area contributed by atoms with Crippen LogP contribution in [0, 0.1) is 12.7 Å². The first-order valence-corrected chi connectivity index (χ1v) is 5.75. The molecule has 0 spiro atoms. The van der Waals surface area contributed by atoms with Gasteiger partial charge in [-0.3, -0.25) is 0 Å². The summed E-state index contributed by atoms with van der Waals surface area (Å²) in [6.45, 7) is 1.65. The van der Waals surface area contributed by atoms with Gasteiger partial charge >= 0.3 is 5.97 Å². The SMILES string of the molecule is Cc1cc(-c2csc(C(=O)O)c2N)ccc1F. The van der Waals surface area contributed by atoms with Crippen LogP contribution in [0.1, 0.15) is 15.2 Å². The number of aromatic carboxylic acids is 1. The van der Waals surface area contributed by atoms with Crippen LogP contribution in [0.15, 0.2) is 23.6 Å². The van der Waals surface area contributed by atoms with Crippen LogP contribution in [0.25, 0.3) is 11.1 Å². The Labute approximate surface area is 101 Å². The quantitative estimate of drug-likeness (QED) is 0.861. The Hall–Kier alpha value is -1.88. The highest BCUT2D eigenvalue weighted by Gasteiger charge is 2.16. The van der Waals surface area contributed by atoms with Gasteiger partial charge in [0.25, 0.3) is 0 Å². The Morgan fingerprint density at radius 1 is 1.47 bits per heavy atom. The molecule has 0 saturated carbocycles. The maximum absolute atomic E-state index is 13.1.